The zero-order chi connectivity index (χ0) is 9.69. The van der Waals surface area contributed by atoms with Crippen LogP contribution in [0.3, 0.4) is 0 Å². The van der Waals surface area contributed by atoms with Crippen molar-refractivity contribution in [3.05, 3.63) is 0 Å². The van der Waals surface area contributed by atoms with Crippen LogP contribution in [0.15, 0.2) is 0 Å². The number of hydrogen-bond acceptors (Lipinski definition) is 3. The van der Waals surface area contributed by atoms with Gasteiger partial charge in [-0.3, -0.25) is 0 Å². The molecule has 0 spiro atoms. The van der Waals surface area contributed by atoms with Gasteiger partial charge in [0.25, 0.3) is 0 Å². The molecule has 3 nitrogen and oxygen atoms in total. The van der Waals surface area contributed by atoms with Gasteiger partial charge in [-0.25, -0.2) is 0 Å². The average Bonchev–Trinajstić information content (AvgIpc) is 1.97. The molecule has 3 N–H and O–H groups in total. The Bertz CT molecular complexity index is 119. The Morgan fingerprint density at radius 2 is 1.15 bits per heavy atom. The van der Waals surface area contributed by atoms with Gasteiger partial charge in [-0.05, 0) is 0 Å². The SMILES string of the molecule is CCCCP(O)(O)(O)CCCC.P. The largest absolute Gasteiger partial charge is 0.153 e. The maximum atomic E-state index is 9.48. The molecule has 0 radical (unpaired) electrons. The molecule has 0 bridgehead atoms. The van der Waals surface area contributed by atoms with Crippen molar-refractivity contribution in [2.45, 2.75) is 39.5 Å². The smallest absolute Gasteiger partial charge is 0.153 e. The summed E-state index contributed by atoms with van der Waals surface area (Å²) in [7, 11) is -4.21. The molecule has 13 heavy (non-hydrogen) atoms. The zero-order valence-corrected chi connectivity index (χ0v) is 11.0. The minimum absolute atomic E-state index is 0. The monoisotopic (exact) mass is 230 g/mol. The van der Waals surface area contributed by atoms with Crippen molar-refractivity contribution in [1.29, 1.82) is 0 Å². The van der Waals surface area contributed by atoms with E-state index < -0.39 is 7.28 Å². The van der Waals surface area contributed by atoms with Crippen LogP contribution in [0.5, 0.6) is 0 Å². The van der Waals surface area contributed by atoms with Crippen LogP contribution in [-0.2, 0) is 0 Å². The van der Waals surface area contributed by atoms with Crippen LogP contribution in [0.1, 0.15) is 39.5 Å². The second-order valence-electron chi connectivity index (χ2n) is 3.49. The molecule has 0 saturated heterocycles. The van der Waals surface area contributed by atoms with E-state index in [-0.39, 0.29) is 22.2 Å². The van der Waals surface area contributed by atoms with Gasteiger partial charge in [-0.1, -0.05) is 0 Å². The molecule has 1 unspecified atom stereocenters. The minimum Gasteiger partial charge on any atom is -0.153 e. The molecule has 0 heterocycles. The Morgan fingerprint density at radius 3 is 1.38 bits per heavy atom. The fourth-order valence-electron chi connectivity index (χ4n) is 1.08. The average molecular weight is 230 g/mol. The van der Waals surface area contributed by atoms with Crippen LogP contribution >= 0.6 is 17.2 Å². The molecular weight excluding hydrogens is 206 g/mol. The molecule has 0 aliphatic rings. The Balaban J connectivity index is 0. The van der Waals surface area contributed by atoms with Gasteiger partial charge in [-0.15, -0.1) is 0 Å². The Labute approximate surface area is 84.4 Å². The fourth-order valence-corrected chi connectivity index (χ4v) is 3.23. The summed E-state index contributed by atoms with van der Waals surface area (Å²) in [6, 6.07) is 0. The molecule has 0 aliphatic carbocycles. The fraction of sp³-hybridized carbons (Fsp3) is 1.00. The van der Waals surface area contributed by atoms with Crippen molar-refractivity contribution in [1.82, 2.24) is 0 Å². The summed E-state index contributed by atoms with van der Waals surface area (Å²) in [4.78, 5) is 28.5. The van der Waals surface area contributed by atoms with E-state index in [0.29, 0.717) is 12.8 Å². The minimum atomic E-state index is -4.21. The molecule has 0 aromatic rings. The van der Waals surface area contributed by atoms with E-state index >= 15 is 0 Å². The van der Waals surface area contributed by atoms with Gasteiger partial charge in [0.2, 0.25) is 0 Å². The maximum absolute atomic E-state index is 9.48. The Morgan fingerprint density at radius 1 is 0.846 bits per heavy atom. The van der Waals surface area contributed by atoms with Crippen molar-refractivity contribution < 1.29 is 14.7 Å². The number of hydrogen-bond donors (Lipinski definition) is 3. The van der Waals surface area contributed by atoms with Crippen molar-refractivity contribution in [2.24, 2.45) is 0 Å². The van der Waals surface area contributed by atoms with Gasteiger partial charge in [0.15, 0.2) is 0 Å². The van der Waals surface area contributed by atoms with Crippen LogP contribution in [-0.4, -0.2) is 27.0 Å². The number of unbranched alkanes of at least 4 members (excludes halogenated alkanes) is 2. The molecule has 0 amide bonds. The van der Waals surface area contributed by atoms with E-state index in [1.165, 1.54) is 0 Å². The van der Waals surface area contributed by atoms with Gasteiger partial charge < -0.3 is 0 Å². The van der Waals surface area contributed by atoms with Crippen molar-refractivity contribution in [3.8, 4) is 0 Å². The third-order valence-electron chi connectivity index (χ3n) is 1.94. The molecular formula is C8H24O3P2. The van der Waals surface area contributed by atoms with Crippen molar-refractivity contribution in [3.63, 3.8) is 0 Å². The summed E-state index contributed by atoms with van der Waals surface area (Å²) >= 11 is 0. The molecule has 1 atom stereocenters. The molecule has 0 aromatic heterocycles. The third kappa shape index (κ3) is 9.05. The van der Waals surface area contributed by atoms with Crippen molar-refractivity contribution >= 4 is 17.2 Å². The summed E-state index contributed by atoms with van der Waals surface area (Å²) in [6.45, 7) is 3.93. The molecule has 0 aromatic carbocycles. The summed E-state index contributed by atoms with van der Waals surface area (Å²) in [5, 5.41) is 0. The maximum Gasteiger partial charge on any atom is -0.153 e. The van der Waals surface area contributed by atoms with Gasteiger partial charge in [0.05, 0.1) is 0 Å². The van der Waals surface area contributed by atoms with Gasteiger partial charge in [0.1, 0.15) is 0 Å². The van der Waals surface area contributed by atoms with E-state index in [9.17, 15) is 14.7 Å². The normalized spacial score (nSPS) is 14.4. The quantitative estimate of drug-likeness (QED) is 0.611. The van der Waals surface area contributed by atoms with E-state index in [1.54, 1.807) is 0 Å². The van der Waals surface area contributed by atoms with Crippen LogP contribution in [0.4, 0.5) is 0 Å². The van der Waals surface area contributed by atoms with Crippen LogP contribution in [0, 0.1) is 0 Å². The molecule has 0 rings (SSSR count). The first kappa shape index (κ1) is 16.2. The standard InChI is InChI=1S/C8H21O3P.H3P/c1-3-5-7-12(9,10,11)8-6-4-2;/h9-11H,3-8H2,1-2H3;1H3. The van der Waals surface area contributed by atoms with E-state index in [4.69, 9.17) is 0 Å². The molecule has 0 aliphatic heterocycles. The first-order chi connectivity index (χ1) is 5.39. The van der Waals surface area contributed by atoms with Gasteiger partial charge >= 0.3 is 73.8 Å². The van der Waals surface area contributed by atoms with E-state index in [0.717, 1.165) is 12.8 Å². The summed E-state index contributed by atoms with van der Waals surface area (Å²) in [5.74, 6) is 0. The zero-order valence-electron chi connectivity index (χ0n) is 8.74. The first-order valence-electron chi connectivity index (χ1n) is 4.65. The molecule has 0 saturated carbocycles. The van der Waals surface area contributed by atoms with Crippen molar-refractivity contribution in [2.75, 3.05) is 12.3 Å². The summed E-state index contributed by atoms with van der Waals surface area (Å²) < 4.78 is 0. The third-order valence-corrected chi connectivity index (χ3v) is 4.40. The van der Waals surface area contributed by atoms with Gasteiger partial charge in [-0.2, -0.15) is 9.90 Å². The second kappa shape index (κ2) is 6.27. The summed E-state index contributed by atoms with van der Waals surface area (Å²) in [5.41, 5.74) is 0. The predicted octanol–water partition coefficient (Wildman–Crippen LogP) is 1.92. The van der Waals surface area contributed by atoms with E-state index in [2.05, 4.69) is 0 Å². The summed E-state index contributed by atoms with van der Waals surface area (Å²) in [6.07, 6.45) is 3.47. The van der Waals surface area contributed by atoms with Crippen LogP contribution in [0.2, 0.25) is 0 Å². The Kier molecular flexibility index (Phi) is 7.80. The molecule has 0 fully saturated rings. The second-order valence-corrected chi connectivity index (χ2v) is 7.07. The predicted molar refractivity (Wildman–Crippen MR) is 64.2 cm³/mol. The van der Waals surface area contributed by atoms with Crippen LogP contribution in [0.25, 0.3) is 0 Å². The van der Waals surface area contributed by atoms with Gasteiger partial charge in [0, 0.05) is 0 Å². The first-order valence-corrected chi connectivity index (χ1v) is 7.11. The van der Waals surface area contributed by atoms with E-state index in [1.807, 2.05) is 13.8 Å². The number of rotatable bonds is 6. The Hall–Kier alpha value is 0.740. The molecule has 84 valence electrons. The van der Waals surface area contributed by atoms with Crippen LogP contribution < -0.4 is 0 Å². The molecule has 5 heteroatoms. The topological polar surface area (TPSA) is 60.7 Å².